The zero-order valence-corrected chi connectivity index (χ0v) is 21.8. The molecule has 2 N–H and O–H groups in total. The van der Waals surface area contributed by atoms with E-state index in [1.165, 1.54) is 39.5 Å². The van der Waals surface area contributed by atoms with Crippen LogP contribution in [0.2, 0.25) is 0 Å². The Balaban J connectivity index is 1.70. The van der Waals surface area contributed by atoms with E-state index in [0.717, 1.165) is 0 Å². The average molecular weight is 525 g/mol. The standard InChI is InChI=1S/C31H28N2O6/c1-37-27-13-7-4-10-20(27)19-26(34)21-16-22(30(35)32-24-11-5-8-14-28(24)38-2)18-23(17-21)31(36)33-25-12-6-9-15-29(25)39-3/h4-18H,19H2,1-3H3,(H,32,35)(H,33,36). The van der Waals surface area contributed by atoms with Crippen molar-refractivity contribution in [1.82, 2.24) is 0 Å². The highest BCUT2D eigenvalue weighted by Gasteiger charge is 2.19. The molecule has 0 fully saturated rings. The van der Waals surface area contributed by atoms with Crippen molar-refractivity contribution in [2.24, 2.45) is 0 Å². The highest BCUT2D eigenvalue weighted by Crippen LogP contribution is 2.27. The Labute approximate surface area is 226 Å². The van der Waals surface area contributed by atoms with Gasteiger partial charge in [0.25, 0.3) is 11.8 Å². The van der Waals surface area contributed by atoms with Crippen molar-refractivity contribution >= 4 is 29.0 Å². The minimum absolute atomic E-state index is 0.0230. The predicted molar refractivity (Wildman–Crippen MR) is 149 cm³/mol. The highest BCUT2D eigenvalue weighted by atomic mass is 16.5. The third-order valence-electron chi connectivity index (χ3n) is 6.03. The first-order valence-corrected chi connectivity index (χ1v) is 12.1. The van der Waals surface area contributed by atoms with Crippen LogP contribution < -0.4 is 24.8 Å². The van der Waals surface area contributed by atoms with Crippen LogP contribution in [0.5, 0.6) is 17.2 Å². The van der Waals surface area contributed by atoms with Gasteiger partial charge in [-0.1, -0.05) is 42.5 Å². The summed E-state index contributed by atoms with van der Waals surface area (Å²) in [5.41, 5.74) is 2.08. The summed E-state index contributed by atoms with van der Waals surface area (Å²) < 4.78 is 16.0. The number of Topliss-reactive ketones (excluding diaryl/α,β-unsaturated/α-hetero) is 1. The number of benzene rings is 4. The van der Waals surface area contributed by atoms with E-state index in [-0.39, 0.29) is 28.9 Å². The lowest BCUT2D eigenvalue weighted by atomic mass is 9.97. The number of amides is 2. The van der Waals surface area contributed by atoms with E-state index in [4.69, 9.17) is 14.2 Å². The van der Waals surface area contributed by atoms with Crippen LogP contribution in [0, 0.1) is 0 Å². The van der Waals surface area contributed by atoms with Gasteiger partial charge >= 0.3 is 0 Å². The van der Waals surface area contributed by atoms with Crippen molar-refractivity contribution < 1.29 is 28.6 Å². The molecular formula is C31H28N2O6. The van der Waals surface area contributed by atoms with Gasteiger partial charge in [0.2, 0.25) is 0 Å². The lowest BCUT2D eigenvalue weighted by Gasteiger charge is -2.14. The molecule has 0 atom stereocenters. The molecule has 0 bridgehead atoms. The lowest BCUT2D eigenvalue weighted by Crippen LogP contribution is -2.18. The van der Waals surface area contributed by atoms with Gasteiger partial charge in [0.1, 0.15) is 17.2 Å². The quantitative estimate of drug-likeness (QED) is 0.260. The number of ketones is 1. The topological polar surface area (TPSA) is 103 Å². The first-order valence-electron chi connectivity index (χ1n) is 12.1. The minimum Gasteiger partial charge on any atom is -0.496 e. The van der Waals surface area contributed by atoms with Crippen molar-refractivity contribution in [3.63, 3.8) is 0 Å². The third-order valence-corrected chi connectivity index (χ3v) is 6.03. The Bertz CT molecular complexity index is 1320. The number of carbonyl (C=O) groups is 3. The summed E-state index contributed by atoms with van der Waals surface area (Å²) >= 11 is 0. The lowest BCUT2D eigenvalue weighted by molar-refractivity contribution is 0.0992. The molecule has 0 heterocycles. The molecule has 0 radical (unpaired) electrons. The fraction of sp³-hybridized carbons (Fsp3) is 0.129. The summed E-state index contributed by atoms with van der Waals surface area (Å²) in [6.45, 7) is 0. The molecule has 0 saturated carbocycles. The third kappa shape index (κ3) is 6.42. The van der Waals surface area contributed by atoms with E-state index < -0.39 is 11.8 Å². The second-order valence-electron chi connectivity index (χ2n) is 8.52. The molecule has 39 heavy (non-hydrogen) atoms. The monoisotopic (exact) mass is 524 g/mol. The molecule has 8 heteroatoms. The summed E-state index contributed by atoms with van der Waals surface area (Å²) in [6, 6.07) is 25.5. The van der Waals surface area contributed by atoms with E-state index in [1.807, 2.05) is 12.1 Å². The number of rotatable bonds is 10. The van der Waals surface area contributed by atoms with Gasteiger partial charge in [-0.25, -0.2) is 0 Å². The Morgan fingerprint density at radius 2 is 0.974 bits per heavy atom. The van der Waals surface area contributed by atoms with Gasteiger partial charge in [0.15, 0.2) is 5.78 Å². The summed E-state index contributed by atoms with van der Waals surface area (Å²) in [4.78, 5) is 40.0. The van der Waals surface area contributed by atoms with Gasteiger partial charge < -0.3 is 24.8 Å². The number of methoxy groups -OCH3 is 3. The Hall–Kier alpha value is -5.11. The molecule has 0 aliphatic carbocycles. The van der Waals surface area contributed by atoms with Gasteiger partial charge in [-0.05, 0) is 48.5 Å². The van der Waals surface area contributed by atoms with Crippen LogP contribution in [-0.4, -0.2) is 38.9 Å². The van der Waals surface area contributed by atoms with E-state index >= 15 is 0 Å². The molecule has 0 saturated heterocycles. The van der Waals surface area contributed by atoms with Gasteiger partial charge in [0.05, 0.1) is 32.7 Å². The van der Waals surface area contributed by atoms with Crippen molar-refractivity contribution in [1.29, 1.82) is 0 Å². The first-order chi connectivity index (χ1) is 18.9. The molecule has 0 aliphatic rings. The van der Waals surface area contributed by atoms with Gasteiger partial charge in [-0.3, -0.25) is 14.4 Å². The fourth-order valence-electron chi connectivity index (χ4n) is 4.06. The molecule has 0 aliphatic heterocycles. The molecule has 0 aromatic heterocycles. The number of hydrogen-bond acceptors (Lipinski definition) is 6. The Morgan fingerprint density at radius 1 is 0.564 bits per heavy atom. The van der Waals surface area contributed by atoms with E-state index in [2.05, 4.69) is 10.6 Å². The average Bonchev–Trinajstić information content (AvgIpc) is 2.97. The van der Waals surface area contributed by atoms with Gasteiger partial charge in [-0.2, -0.15) is 0 Å². The summed E-state index contributed by atoms with van der Waals surface area (Å²) in [5, 5.41) is 5.60. The molecule has 2 amide bonds. The van der Waals surface area contributed by atoms with E-state index in [1.54, 1.807) is 60.7 Å². The number of para-hydroxylation sites is 5. The second kappa shape index (κ2) is 12.4. The maximum Gasteiger partial charge on any atom is 0.255 e. The summed E-state index contributed by atoms with van der Waals surface area (Å²) in [6.07, 6.45) is 0.0230. The highest BCUT2D eigenvalue weighted by molar-refractivity contribution is 6.12. The largest absolute Gasteiger partial charge is 0.496 e. The van der Waals surface area contributed by atoms with Crippen LogP contribution in [-0.2, 0) is 6.42 Å². The number of nitrogens with one attached hydrogen (secondary N) is 2. The van der Waals surface area contributed by atoms with Crippen molar-refractivity contribution in [2.45, 2.75) is 6.42 Å². The second-order valence-corrected chi connectivity index (χ2v) is 8.52. The fourth-order valence-corrected chi connectivity index (χ4v) is 4.06. The normalized spacial score (nSPS) is 10.3. The van der Waals surface area contributed by atoms with Crippen LogP contribution in [0.1, 0.15) is 36.6 Å². The number of carbonyl (C=O) groups excluding carboxylic acids is 3. The predicted octanol–water partition coefficient (Wildman–Crippen LogP) is 5.64. The van der Waals surface area contributed by atoms with E-state index in [0.29, 0.717) is 34.2 Å². The van der Waals surface area contributed by atoms with Crippen LogP contribution >= 0.6 is 0 Å². The van der Waals surface area contributed by atoms with Crippen molar-refractivity contribution in [2.75, 3.05) is 32.0 Å². The van der Waals surface area contributed by atoms with Crippen LogP contribution in [0.15, 0.2) is 91.0 Å². The summed E-state index contributed by atoms with van der Waals surface area (Å²) in [5.74, 6) is 0.241. The zero-order chi connectivity index (χ0) is 27.8. The van der Waals surface area contributed by atoms with Crippen molar-refractivity contribution in [3.05, 3.63) is 113 Å². The molecule has 8 nitrogen and oxygen atoms in total. The molecule has 4 aromatic carbocycles. The molecule has 0 spiro atoms. The maximum absolute atomic E-state index is 13.4. The number of ether oxygens (including phenoxy) is 3. The molecular weight excluding hydrogens is 496 g/mol. The van der Waals surface area contributed by atoms with Crippen LogP contribution in [0.4, 0.5) is 11.4 Å². The Morgan fingerprint density at radius 3 is 1.46 bits per heavy atom. The van der Waals surface area contributed by atoms with Crippen molar-refractivity contribution in [3.8, 4) is 17.2 Å². The maximum atomic E-state index is 13.4. The molecule has 4 aromatic rings. The molecule has 0 unspecified atom stereocenters. The zero-order valence-electron chi connectivity index (χ0n) is 21.8. The van der Waals surface area contributed by atoms with Gasteiger partial charge in [0, 0.05) is 28.7 Å². The minimum atomic E-state index is -0.502. The van der Waals surface area contributed by atoms with Crippen LogP contribution in [0.3, 0.4) is 0 Å². The summed E-state index contributed by atoms with van der Waals surface area (Å²) in [7, 11) is 4.54. The number of hydrogen-bond donors (Lipinski definition) is 2. The molecule has 198 valence electrons. The smallest absolute Gasteiger partial charge is 0.255 e. The van der Waals surface area contributed by atoms with E-state index in [9.17, 15) is 14.4 Å². The van der Waals surface area contributed by atoms with Crippen LogP contribution in [0.25, 0.3) is 0 Å². The van der Waals surface area contributed by atoms with Gasteiger partial charge in [-0.15, -0.1) is 0 Å². The Kier molecular flexibility index (Phi) is 8.58. The first kappa shape index (κ1) is 26.9. The number of anilines is 2. The molecule has 4 rings (SSSR count). The SMILES string of the molecule is COc1ccccc1CC(=O)c1cc(C(=O)Nc2ccccc2OC)cc(C(=O)Nc2ccccc2OC)c1.